The van der Waals surface area contributed by atoms with Crippen molar-refractivity contribution in [2.24, 2.45) is 5.73 Å². The maximum absolute atomic E-state index is 7.63. The van der Waals surface area contributed by atoms with Gasteiger partial charge in [-0.25, -0.2) is 4.98 Å². The maximum Gasteiger partial charge on any atom is 0.124 e. The average molecular weight is 244 g/mol. The summed E-state index contributed by atoms with van der Waals surface area (Å²) in [5.74, 6) is 0.749. The number of benzene rings is 1. The molecule has 1 heterocycles. The Hall–Kier alpha value is -2.30. The first-order valence-electron chi connectivity index (χ1n) is 5.58. The van der Waals surface area contributed by atoms with E-state index in [2.05, 4.69) is 4.98 Å². The quantitative estimate of drug-likeness (QED) is 0.638. The number of amidine groups is 1. The van der Waals surface area contributed by atoms with Gasteiger partial charge in [-0.2, -0.15) is 0 Å². The first-order valence-corrected chi connectivity index (χ1v) is 5.58. The molecular formula is C13H16N4O. The minimum Gasteiger partial charge on any atom is -0.497 e. The van der Waals surface area contributed by atoms with Gasteiger partial charge in [0.1, 0.15) is 11.6 Å². The van der Waals surface area contributed by atoms with Gasteiger partial charge < -0.3 is 15.0 Å². The zero-order chi connectivity index (χ0) is 13.3. The van der Waals surface area contributed by atoms with E-state index in [0.29, 0.717) is 5.56 Å². The van der Waals surface area contributed by atoms with Crippen molar-refractivity contribution in [1.29, 1.82) is 5.41 Å². The number of nitrogens with one attached hydrogen (secondary N) is 1. The molecule has 0 saturated carbocycles. The summed E-state index contributed by atoms with van der Waals surface area (Å²) < 4.78 is 7.12. The highest BCUT2D eigenvalue weighted by Gasteiger charge is 2.12. The third-order valence-electron chi connectivity index (χ3n) is 3.01. The summed E-state index contributed by atoms with van der Waals surface area (Å²) in [5.41, 5.74) is 9.05. The Morgan fingerprint density at radius 2 is 2.11 bits per heavy atom. The summed E-state index contributed by atoms with van der Waals surface area (Å²) in [7, 11) is 1.61. The normalized spacial score (nSPS) is 10.4. The second kappa shape index (κ2) is 4.52. The van der Waals surface area contributed by atoms with E-state index in [4.69, 9.17) is 15.9 Å². The van der Waals surface area contributed by atoms with Crippen LogP contribution < -0.4 is 10.5 Å². The van der Waals surface area contributed by atoms with Crippen LogP contribution in [0.2, 0.25) is 0 Å². The number of methoxy groups -OCH3 is 1. The molecule has 18 heavy (non-hydrogen) atoms. The molecule has 1 aromatic heterocycles. The van der Waals surface area contributed by atoms with Crippen molar-refractivity contribution in [1.82, 2.24) is 9.55 Å². The van der Waals surface area contributed by atoms with Gasteiger partial charge >= 0.3 is 0 Å². The Labute approximate surface area is 106 Å². The Morgan fingerprint density at radius 3 is 2.61 bits per heavy atom. The van der Waals surface area contributed by atoms with Gasteiger partial charge in [-0.15, -0.1) is 0 Å². The fraction of sp³-hybridized carbons (Fsp3) is 0.231. The smallest absolute Gasteiger partial charge is 0.124 e. The van der Waals surface area contributed by atoms with Gasteiger partial charge in [-0.05, 0) is 26.0 Å². The number of ether oxygens (including phenoxy) is 1. The average Bonchev–Trinajstić information content (AvgIpc) is 2.69. The molecule has 0 radical (unpaired) electrons. The molecule has 0 unspecified atom stereocenters. The number of rotatable bonds is 3. The fourth-order valence-corrected chi connectivity index (χ4v) is 1.81. The van der Waals surface area contributed by atoms with Gasteiger partial charge in [0.05, 0.1) is 24.8 Å². The van der Waals surface area contributed by atoms with Gasteiger partial charge in [0.2, 0.25) is 0 Å². The molecule has 0 fully saturated rings. The van der Waals surface area contributed by atoms with Crippen LogP contribution >= 0.6 is 0 Å². The van der Waals surface area contributed by atoms with E-state index in [9.17, 15) is 0 Å². The Kier molecular flexibility index (Phi) is 3.06. The topological polar surface area (TPSA) is 76.9 Å². The number of nitrogens with two attached hydrogens (primary N) is 1. The Bertz CT molecular complexity index is 601. The molecule has 3 N–H and O–H groups in total. The fourth-order valence-electron chi connectivity index (χ4n) is 1.81. The summed E-state index contributed by atoms with van der Waals surface area (Å²) >= 11 is 0. The highest BCUT2D eigenvalue weighted by molar-refractivity contribution is 5.98. The molecule has 0 spiro atoms. The number of aromatic nitrogens is 2. The van der Waals surface area contributed by atoms with E-state index in [-0.39, 0.29) is 5.84 Å². The third kappa shape index (κ3) is 1.95. The Morgan fingerprint density at radius 1 is 1.39 bits per heavy atom. The molecule has 0 aliphatic rings. The first-order chi connectivity index (χ1) is 8.54. The summed E-state index contributed by atoms with van der Waals surface area (Å²) in [6.45, 7) is 3.92. The molecular weight excluding hydrogens is 228 g/mol. The van der Waals surface area contributed by atoms with E-state index < -0.39 is 0 Å². The summed E-state index contributed by atoms with van der Waals surface area (Å²) in [4.78, 5) is 4.26. The second-order valence-corrected chi connectivity index (χ2v) is 4.08. The number of imidazole rings is 1. The van der Waals surface area contributed by atoms with Crippen molar-refractivity contribution < 1.29 is 4.74 Å². The zero-order valence-electron chi connectivity index (χ0n) is 10.7. The van der Waals surface area contributed by atoms with Gasteiger partial charge in [0, 0.05) is 17.3 Å². The van der Waals surface area contributed by atoms with Crippen LogP contribution in [0.3, 0.4) is 0 Å². The van der Waals surface area contributed by atoms with E-state index in [1.807, 2.05) is 24.5 Å². The van der Waals surface area contributed by atoms with Crippen molar-refractivity contribution in [2.75, 3.05) is 7.11 Å². The standard InChI is InChI=1S/C13H16N4O/c1-8-9(2)17(7-16-8)12-6-10(18-3)4-5-11(12)13(14)15/h4-7H,1-3H3,(H3,14,15). The van der Waals surface area contributed by atoms with E-state index in [0.717, 1.165) is 22.8 Å². The predicted octanol–water partition coefficient (Wildman–Crippen LogP) is 1.78. The van der Waals surface area contributed by atoms with Crippen molar-refractivity contribution in [3.05, 3.63) is 41.5 Å². The molecule has 5 nitrogen and oxygen atoms in total. The highest BCUT2D eigenvalue weighted by Crippen LogP contribution is 2.23. The maximum atomic E-state index is 7.63. The molecule has 0 aliphatic heterocycles. The largest absolute Gasteiger partial charge is 0.497 e. The van der Waals surface area contributed by atoms with Crippen molar-refractivity contribution in [2.45, 2.75) is 13.8 Å². The molecule has 5 heteroatoms. The highest BCUT2D eigenvalue weighted by atomic mass is 16.5. The monoisotopic (exact) mass is 244 g/mol. The molecule has 1 aromatic carbocycles. The van der Waals surface area contributed by atoms with Crippen LogP contribution in [0, 0.1) is 19.3 Å². The summed E-state index contributed by atoms with van der Waals surface area (Å²) in [6, 6.07) is 5.43. The minimum atomic E-state index is 0.0263. The molecule has 0 aliphatic carbocycles. The predicted molar refractivity (Wildman–Crippen MR) is 70.6 cm³/mol. The number of hydrogen-bond acceptors (Lipinski definition) is 3. The summed E-state index contributed by atoms with van der Waals surface area (Å²) in [6.07, 6.45) is 1.73. The SMILES string of the molecule is COc1ccc(C(=N)N)c(-n2cnc(C)c2C)c1. The lowest BCUT2D eigenvalue weighted by molar-refractivity contribution is 0.414. The number of nitrogens with zero attached hydrogens (tertiary/aromatic N) is 2. The lowest BCUT2D eigenvalue weighted by Gasteiger charge is -2.12. The van der Waals surface area contributed by atoms with Crippen LogP contribution in [-0.4, -0.2) is 22.5 Å². The van der Waals surface area contributed by atoms with Crippen LogP contribution in [0.4, 0.5) is 0 Å². The van der Waals surface area contributed by atoms with Crippen LogP contribution in [0.5, 0.6) is 5.75 Å². The van der Waals surface area contributed by atoms with Gasteiger partial charge in [0.15, 0.2) is 0 Å². The Balaban J connectivity index is 2.67. The third-order valence-corrected chi connectivity index (χ3v) is 3.01. The summed E-state index contributed by atoms with van der Waals surface area (Å²) in [5, 5.41) is 7.63. The molecule has 2 aromatic rings. The van der Waals surface area contributed by atoms with E-state index >= 15 is 0 Å². The molecule has 0 amide bonds. The molecule has 0 atom stereocenters. The van der Waals surface area contributed by atoms with Gasteiger partial charge in [-0.3, -0.25) is 5.41 Å². The number of aryl methyl sites for hydroxylation is 1. The number of nitrogen functional groups attached to an aromatic ring is 1. The van der Waals surface area contributed by atoms with Crippen LogP contribution in [0.15, 0.2) is 24.5 Å². The van der Waals surface area contributed by atoms with Crippen molar-refractivity contribution in [3.8, 4) is 11.4 Å². The molecule has 2 rings (SSSR count). The lowest BCUT2D eigenvalue weighted by atomic mass is 10.1. The lowest BCUT2D eigenvalue weighted by Crippen LogP contribution is -2.15. The first kappa shape index (κ1) is 12.2. The van der Waals surface area contributed by atoms with E-state index in [1.54, 1.807) is 25.6 Å². The molecule has 94 valence electrons. The van der Waals surface area contributed by atoms with Crippen LogP contribution in [0.25, 0.3) is 5.69 Å². The van der Waals surface area contributed by atoms with Crippen LogP contribution in [-0.2, 0) is 0 Å². The van der Waals surface area contributed by atoms with Gasteiger partial charge in [0.25, 0.3) is 0 Å². The molecule has 0 saturated heterocycles. The minimum absolute atomic E-state index is 0.0263. The van der Waals surface area contributed by atoms with Crippen molar-refractivity contribution >= 4 is 5.84 Å². The molecule has 0 bridgehead atoms. The second-order valence-electron chi connectivity index (χ2n) is 4.08. The number of hydrogen-bond donors (Lipinski definition) is 2. The van der Waals surface area contributed by atoms with Crippen molar-refractivity contribution in [3.63, 3.8) is 0 Å². The zero-order valence-corrected chi connectivity index (χ0v) is 10.7. The van der Waals surface area contributed by atoms with E-state index in [1.165, 1.54) is 0 Å². The van der Waals surface area contributed by atoms with Gasteiger partial charge in [-0.1, -0.05) is 0 Å². The van der Waals surface area contributed by atoms with Crippen LogP contribution in [0.1, 0.15) is 17.0 Å².